The number of halogens is 1. The number of hydrogen-bond acceptors (Lipinski definition) is 3. The highest BCUT2D eigenvalue weighted by Crippen LogP contribution is 2.22. The molecule has 0 radical (unpaired) electrons. The number of hydrogen-bond donors (Lipinski definition) is 0. The maximum atomic E-state index is 13.3. The number of carbonyl (C=O) groups is 2. The maximum absolute atomic E-state index is 13.3. The van der Waals surface area contributed by atoms with E-state index in [0.717, 1.165) is 11.1 Å². The summed E-state index contributed by atoms with van der Waals surface area (Å²) in [5, 5.41) is 0.664. The van der Waals surface area contributed by atoms with Gasteiger partial charge in [-0.05, 0) is 44.0 Å². The van der Waals surface area contributed by atoms with Crippen molar-refractivity contribution in [1.82, 2.24) is 9.80 Å². The van der Waals surface area contributed by atoms with Crippen molar-refractivity contribution >= 4 is 23.6 Å². The number of piperazine rings is 1. The van der Waals surface area contributed by atoms with Gasteiger partial charge in [-0.2, -0.15) is 0 Å². The molecule has 1 saturated heterocycles. The van der Waals surface area contributed by atoms with Crippen LogP contribution in [0, 0.1) is 0 Å². The van der Waals surface area contributed by atoms with Crippen molar-refractivity contribution in [2.24, 2.45) is 0 Å². The fourth-order valence-corrected chi connectivity index (χ4v) is 3.51. The highest BCUT2D eigenvalue weighted by atomic mass is 35.5. The second-order valence-corrected chi connectivity index (χ2v) is 8.70. The summed E-state index contributed by atoms with van der Waals surface area (Å²) in [4.78, 5) is 29.5. The molecule has 1 heterocycles. The van der Waals surface area contributed by atoms with Crippen LogP contribution in [0.15, 0.2) is 54.6 Å². The van der Waals surface area contributed by atoms with Crippen LogP contribution in [0.25, 0.3) is 0 Å². The average Bonchev–Trinajstić information content (AvgIpc) is 2.66. The molecule has 5 nitrogen and oxygen atoms in total. The second kappa shape index (κ2) is 8.87. The van der Waals surface area contributed by atoms with Gasteiger partial charge in [-0.1, -0.05) is 54.1 Å². The third-order valence-electron chi connectivity index (χ3n) is 4.77. The molecule has 0 unspecified atom stereocenters. The smallest absolute Gasteiger partial charge is 0.411 e. The molecule has 2 aromatic rings. The lowest BCUT2D eigenvalue weighted by molar-refractivity contribution is -0.142. The van der Waals surface area contributed by atoms with E-state index in [1.54, 1.807) is 9.80 Å². The standard InChI is InChI=1S/C23H27ClN2O3/c1-23(2,3)29-22(28)26-14-13-25(16-18-9-11-19(24)12-10-18)21(27)20(26)15-17-7-5-4-6-8-17/h4-12,20H,13-16H2,1-3H3/t20-/m0/s1. The molecule has 29 heavy (non-hydrogen) atoms. The minimum absolute atomic E-state index is 0.0686. The molecular weight excluding hydrogens is 388 g/mol. The van der Waals surface area contributed by atoms with Crippen LogP contribution in [0.2, 0.25) is 5.02 Å². The molecule has 1 fully saturated rings. The lowest BCUT2D eigenvalue weighted by Crippen LogP contribution is -2.59. The molecular formula is C23H27ClN2O3. The van der Waals surface area contributed by atoms with Crippen molar-refractivity contribution in [1.29, 1.82) is 0 Å². The summed E-state index contributed by atoms with van der Waals surface area (Å²) in [6.45, 7) is 6.88. The van der Waals surface area contributed by atoms with E-state index >= 15 is 0 Å². The lowest BCUT2D eigenvalue weighted by Gasteiger charge is -2.41. The maximum Gasteiger partial charge on any atom is 0.411 e. The number of ether oxygens (including phenoxy) is 1. The summed E-state index contributed by atoms with van der Waals surface area (Å²) < 4.78 is 5.56. The quantitative estimate of drug-likeness (QED) is 0.738. The van der Waals surface area contributed by atoms with E-state index in [1.165, 1.54) is 0 Å². The Balaban J connectivity index is 1.80. The molecule has 1 atom stereocenters. The van der Waals surface area contributed by atoms with E-state index < -0.39 is 17.7 Å². The Morgan fingerprint density at radius 3 is 2.31 bits per heavy atom. The fourth-order valence-electron chi connectivity index (χ4n) is 3.38. The first kappa shape index (κ1) is 21.2. The second-order valence-electron chi connectivity index (χ2n) is 8.27. The van der Waals surface area contributed by atoms with Gasteiger partial charge in [-0.15, -0.1) is 0 Å². The van der Waals surface area contributed by atoms with E-state index in [0.29, 0.717) is 31.1 Å². The summed E-state index contributed by atoms with van der Waals surface area (Å²) in [6, 6.07) is 16.6. The van der Waals surface area contributed by atoms with Crippen LogP contribution < -0.4 is 0 Å². The Bertz CT molecular complexity index is 847. The Hall–Kier alpha value is -2.53. The normalized spacial score (nSPS) is 17.4. The molecule has 2 aromatic carbocycles. The van der Waals surface area contributed by atoms with Crippen LogP contribution in [0.5, 0.6) is 0 Å². The van der Waals surface area contributed by atoms with Crippen LogP contribution in [-0.2, 0) is 22.5 Å². The Morgan fingerprint density at radius 1 is 1.03 bits per heavy atom. The van der Waals surface area contributed by atoms with Gasteiger partial charge in [0, 0.05) is 31.1 Å². The van der Waals surface area contributed by atoms with Crippen molar-refractivity contribution in [3.8, 4) is 0 Å². The van der Waals surface area contributed by atoms with Crippen LogP contribution >= 0.6 is 11.6 Å². The summed E-state index contributed by atoms with van der Waals surface area (Å²) in [5.41, 5.74) is 1.40. The zero-order valence-electron chi connectivity index (χ0n) is 17.1. The molecule has 0 bridgehead atoms. The van der Waals surface area contributed by atoms with E-state index in [2.05, 4.69) is 0 Å². The third kappa shape index (κ3) is 5.73. The zero-order chi connectivity index (χ0) is 21.0. The first-order valence-electron chi connectivity index (χ1n) is 9.80. The average molecular weight is 415 g/mol. The molecule has 2 amide bonds. The summed E-state index contributed by atoms with van der Waals surface area (Å²) >= 11 is 5.96. The minimum atomic E-state index is -0.613. The molecule has 1 aliphatic rings. The number of nitrogens with zero attached hydrogens (tertiary/aromatic N) is 2. The molecule has 154 valence electrons. The van der Waals surface area contributed by atoms with Gasteiger partial charge >= 0.3 is 6.09 Å². The molecule has 6 heteroatoms. The van der Waals surface area contributed by atoms with Gasteiger partial charge in [-0.3, -0.25) is 9.69 Å². The van der Waals surface area contributed by atoms with Crippen LogP contribution in [-0.4, -0.2) is 46.5 Å². The molecule has 3 rings (SSSR count). The fraction of sp³-hybridized carbons (Fsp3) is 0.391. The molecule has 1 aliphatic heterocycles. The minimum Gasteiger partial charge on any atom is -0.444 e. The third-order valence-corrected chi connectivity index (χ3v) is 5.02. The van der Waals surface area contributed by atoms with E-state index in [-0.39, 0.29) is 5.91 Å². The molecule has 0 aromatic heterocycles. The topological polar surface area (TPSA) is 49.9 Å². The number of benzene rings is 2. The van der Waals surface area contributed by atoms with Gasteiger partial charge < -0.3 is 9.64 Å². The Morgan fingerprint density at radius 2 is 1.69 bits per heavy atom. The number of carbonyl (C=O) groups excluding carboxylic acids is 2. The van der Waals surface area contributed by atoms with E-state index in [4.69, 9.17) is 16.3 Å². The molecule has 0 spiro atoms. The Kier molecular flexibility index (Phi) is 6.48. The van der Waals surface area contributed by atoms with Gasteiger partial charge in [0.1, 0.15) is 11.6 Å². The van der Waals surface area contributed by atoms with Crippen molar-refractivity contribution < 1.29 is 14.3 Å². The Labute approximate surface area is 177 Å². The highest BCUT2D eigenvalue weighted by molar-refractivity contribution is 6.30. The largest absolute Gasteiger partial charge is 0.444 e. The van der Waals surface area contributed by atoms with Crippen LogP contribution in [0.3, 0.4) is 0 Å². The predicted octanol–water partition coefficient (Wildman–Crippen LogP) is 4.53. The molecule has 0 N–H and O–H groups in total. The first-order valence-corrected chi connectivity index (χ1v) is 10.2. The van der Waals surface area contributed by atoms with Gasteiger partial charge in [-0.25, -0.2) is 4.79 Å². The number of rotatable bonds is 4. The van der Waals surface area contributed by atoms with Crippen LogP contribution in [0.1, 0.15) is 31.9 Å². The zero-order valence-corrected chi connectivity index (χ0v) is 17.9. The van der Waals surface area contributed by atoms with Crippen molar-refractivity contribution in [2.45, 2.75) is 45.4 Å². The first-order chi connectivity index (χ1) is 13.7. The number of amides is 2. The van der Waals surface area contributed by atoms with E-state index in [9.17, 15) is 9.59 Å². The van der Waals surface area contributed by atoms with Gasteiger partial charge in [0.25, 0.3) is 0 Å². The summed E-state index contributed by atoms with van der Waals surface area (Å²) in [7, 11) is 0. The van der Waals surface area contributed by atoms with Gasteiger partial charge in [0.15, 0.2) is 0 Å². The van der Waals surface area contributed by atoms with Crippen molar-refractivity contribution in [3.63, 3.8) is 0 Å². The SMILES string of the molecule is CC(C)(C)OC(=O)N1CCN(Cc2ccc(Cl)cc2)C(=O)[C@@H]1Cc1ccccc1. The molecule has 0 aliphatic carbocycles. The van der Waals surface area contributed by atoms with Crippen LogP contribution in [0.4, 0.5) is 4.79 Å². The van der Waals surface area contributed by atoms with Crippen molar-refractivity contribution in [2.75, 3.05) is 13.1 Å². The van der Waals surface area contributed by atoms with Gasteiger partial charge in [0.05, 0.1) is 0 Å². The molecule has 0 saturated carbocycles. The summed E-state index contributed by atoms with van der Waals surface area (Å²) in [5.74, 6) is -0.0686. The lowest BCUT2D eigenvalue weighted by atomic mass is 10.0. The monoisotopic (exact) mass is 414 g/mol. The summed E-state index contributed by atoms with van der Waals surface area (Å²) in [6.07, 6.45) is 0.00803. The highest BCUT2D eigenvalue weighted by Gasteiger charge is 2.39. The van der Waals surface area contributed by atoms with Gasteiger partial charge in [0.2, 0.25) is 5.91 Å². The van der Waals surface area contributed by atoms with Crippen molar-refractivity contribution in [3.05, 3.63) is 70.7 Å². The predicted molar refractivity (Wildman–Crippen MR) is 114 cm³/mol. The van der Waals surface area contributed by atoms with E-state index in [1.807, 2.05) is 75.4 Å².